The van der Waals surface area contributed by atoms with Crippen LogP contribution in [0.5, 0.6) is 0 Å². The van der Waals surface area contributed by atoms with Crippen molar-refractivity contribution in [2.24, 2.45) is 0 Å². The molecule has 15 heteroatoms. The molecule has 0 aromatic rings. The van der Waals surface area contributed by atoms with E-state index in [0.717, 1.165) is 0 Å². The molecule has 0 saturated carbocycles. The van der Waals surface area contributed by atoms with E-state index >= 15 is 0 Å². The van der Waals surface area contributed by atoms with Crippen LogP contribution in [0.25, 0.3) is 0 Å². The van der Waals surface area contributed by atoms with Crippen LogP contribution in [0.1, 0.15) is 0 Å². The van der Waals surface area contributed by atoms with Gasteiger partial charge in [0, 0.05) is 0 Å². The third-order valence-electron chi connectivity index (χ3n) is 4.19. The number of aliphatic hydroxyl groups is 7. The van der Waals surface area contributed by atoms with Crippen molar-refractivity contribution in [2.75, 3.05) is 13.2 Å². The van der Waals surface area contributed by atoms with E-state index in [1.165, 1.54) is 0 Å². The van der Waals surface area contributed by atoms with Gasteiger partial charge >= 0.3 is 10.4 Å². The molecule has 14 nitrogen and oxygen atoms in total. The van der Waals surface area contributed by atoms with Gasteiger partial charge in [-0.2, -0.15) is 8.42 Å². The van der Waals surface area contributed by atoms with E-state index in [-0.39, 0.29) is 0 Å². The molecule has 2 heterocycles. The summed E-state index contributed by atoms with van der Waals surface area (Å²) in [6.45, 7) is -1.58. The highest BCUT2D eigenvalue weighted by Crippen LogP contribution is 2.30. The molecule has 160 valence electrons. The fourth-order valence-corrected chi connectivity index (χ4v) is 3.27. The minimum absolute atomic E-state index is 0.742. The molecule has 0 spiro atoms. The maximum atomic E-state index is 11.0. The second-order valence-electron chi connectivity index (χ2n) is 6.02. The molecule has 0 aromatic carbocycles. The van der Waals surface area contributed by atoms with Gasteiger partial charge in [-0.3, -0.25) is 4.55 Å². The molecule has 0 amide bonds. The summed E-state index contributed by atoms with van der Waals surface area (Å²) in [6, 6.07) is 0. The van der Waals surface area contributed by atoms with Crippen molar-refractivity contribution < 1.29 is 67.1 Å². The summed E-state index contributed by atoms with van der Waals surface area (Å²) >= 11 is 0. The van der Waals surface area contributed by atoms with Crippen LogP contribution in [0.4, 0.5) is 0 Å². The molecule has 0 aromatic heterocycles. The highest BCUT2D eigenvalue weighted by Gasteiger charge is 2.52. The molecule has 0 unspecified atom stereocenters. The summed E-state index contributed by atoms with van der Waals surface area (Å²) < 4.78 is 50.1. The average Bonchev–Trinajstić information content (AvgIpc) is 2.59. The van der Waals surface area contributed by atoms with Crippen LogP contribution in [0.2, 0.25) is 0 Å². The van der Waals surface area contributed by atoms with Gasteiger partial charge in [0.25, 0.3) is 0 Å². The molecular formula is C12H22O14S. The smallest absolute Gasteiger partial charge is 0.394 e. The Labute approximate surface area is 153 Å². The summed E-state index contributed by atoms with van der Waals surface area (Å²) in [7, 11) is -5.16. The first kappa shape index (κ1) is 22.8. The predicted octanol–water partition coefficient (Wildman–Crippen LogP) is -5.57. The highest BCUT2D eigenvalue weighted by atomic mass is 32.3. The van der Waals surface area contributed by atoms with E-state index in [4.69, 9.17) is 23.9 Å². The van der Waals surface area contributed by atoms with Gasteiger partial charge < -0.3 is 50.0 Å². The quantitative estimate of drug-likeness (QED) is 0.186. The monoisotopic (exact) mass is 422 g/mol. The SMILES string of the molecule is O=S(=O)(O)O[C@@H]1[C@@H](O[C@@H]2[C@@H](O)[C@H](O)[C@@H](CO)O[C@@H]2O)O[C@H](CO)[C@@H](O)[C@@H]1O. The minimum Gasteiger partial charge on any atom is -0.394 e. The fraction of sp³-hybridized carbons (Fsp3) is 1.00. The maximum Gasteiger partial charge on any atom is 0.397 e. The lowest BCUT2D eigenvalue weighted by Gasteiger charge is -2.45. The lowest BCUT2D eigenvalue weighted by Crippen LogP contribution is -2.64. The molecule has 2 saturated heterocycles. The molecule has 2 aliphatic heterocycles. The van der Waals surface area contributed by atoms with Gasteiger partial charge in [0.15, 0.2) is 18.7 Å². The lowest BCUT2D eigenvalue weighted by atomic mass is 9.97. The van der Waals surface area contributed by atoms with Gasteiger partial charge in [-0.05, 0) is 0 Å². The van der Waals surface area contributed by atoms with Crippen molar-refractivity contribution in [3.8, 4) is 0 Å². The summed E-state index contributed by atoms with van der Waals surface area (Å²) in [5.41, 5.74) is 0. The predicted molar refractivity (Wildman–Crippen MR) is 79.0 cm³/mol. The Morgan fingerprint density at radius 1 is 0.778 bits per heavy atom. The van der Waals surface area contributed by atoms with Crippen molar-refractivity contribution in [1.82, 2.24) is 0 Å². The van der Waals surface area contributed by atoms with Gasteiger partial charge in [0.05, 0.1) is 13.2 Å². The second-order valence-corrected chi connectivity index (χ2v) is 7.07. The largest absolute Gasteiger partial charge is 0.397 e. The Balaban J connectivity index is 2.23. The Morgan fingerprint density at radius 3 is 1.74 bits per heavy atom. The van der Waals surface area contributed by atoms with E-state index in [1.807, 2.05) is 0 Å². The summed E-state index contributed by atoms with van der Waals surface area (Å²) in [5, 5.41) is 67.8. The first-order valence-electron chi connectivity index (χ1n) is 7.74. The number of hydrogen-bond donors (Lipinski definition) is 8. The molecular weight excluding hydrogens is 400 g/mol. The number of hydrogen-bond acceptors (Lipinski definition) is 13. The Morgan fingerprint density at radius 2 is 1.26 bits per heavy atom. The van der Waals surface area contributed by atoms with E-state index in [1.54, 1.807) is 0 Å². The number of aliphatic hydroxyl groups excluding tert-OH is 7. The molecule has 2 rings (SSSR count). The molecule has 0 radical (unpaired) electrons. The van der Waals surface area contributed by atoms with Crippen LogP contribution >= 0.6 is 0 Å². The molecule has 2 fully saturated rings. The van der Waals surface area contributed by atoms with E-state index in [0.29, 0.717) is 0 Å². The summed E-state index contributed by atoms with van der Waals surface area (Å²) in [6.07, 6.45) is -17.9. The van der Waals surface area contributed by atoms with Crippen LogP contribution in [0.3, 0.4) is 0 Å². The van der Waals surface area contributed by atoms with Crippen LogP contribution in [0, 0.1) is 0 Å². The zero-order valence-electron chi connectivity index (χ0n) is 13.6. The molecule has 2 aliphatic rings. The fourth-order valence-electron chi connectivity index (χ4n) is 2.78. The zero-order valence-corrected chi connectivity index (χ0v) is 14.4. The molecule has 27 heavy (non-hydrogen) atoms. The van der Waals surface area contributed by atoms with Crippen LogP contribution in [-0.4, -0.2) is 123 Å². The van der Waals surface area contributed by atoms with Gasteiger partial charge in [-0.1, -0.05) is 0 Å². The Hall–Kier alpha value is -0.530. The van der Waals surface area contributed by atoms with Gasteiger partial charge in [0.2, 0.25) is 0 Å². The maximum absolute atomic E-state index is 11.0. The topological polar surface area (TPSA) is 233 Å². The van der Waals surface area contributed by atoms with Gasteiger partial charge in [-0.25, -0.2) is 4.18 Å². The summed E-state index contributed by atoms with van der Waals surface area (Å²) in [4.78, 5) is 0. The van der Waals surface area contributed by atoms with Gasteiger partial charge in [0.1, 0.15) is 42.7 Å². The average molecular weight is 422 g/mol. The third kappa shape index (κ3) is 5.10. The zero-order chi connectivity index (χ0) is 20.5. The van der Waals surface area contributed by atoms with Crippen molar-refractivity contribution in [3.63, 3.8) is 0 Å². The molecule has 10 atom stereocenters. The van der Waals surface area contributed by atoms with Crippen LogP contribution in [-0.2, 0) is 28.8 Å². The van der Waals surface area contributed by atoms with E-state index in [2.05, 4.69) is 4.18 Å². The second kappa shape index (κ2) is 8.87. The highest BCUT2D eigenvalue weighted by molar-refractivity contribution is 7.80. The Bertz CT molecular complexity index is 585. The summed E-state index contributed by atoms with van der Waals surface area (Å²) in [5.74, 6) is 0. The number of rotatable bonds is 6. The van der Waals surface area contributed by atoms with E-state index in [9.17, 15) is 39.1 Å². The van der Waals surface area contributed by atoms with Crippen molar-refractivity contribution in [2.45, 2.75) is 61.4 Å². The lowest BCUT2D eigenvalue weighted by molar-refractivity contribution is -0.359. The van der Waals surface area contributed by atoms with Crippen LogP contribution in [0.15, 0.2) is 0 Å². The van der Waals surface area contributed by atoms with Gasteiger partial charge in [-0.15, -0.1) is 0 Å². The molecule has 0 bridgehead atoms. The number of ether oxygens (including phenoxy) is 3. The first-order chi connectivity index (χ1) is 12.5. The standard InChI is InChI=1S/C12H22O14S/c13-1-3-5(15)7(17)9(11(19)23-3)25-12-10(26-27(20,21)22)8(18)6(16)4(2-14)24-12/h3-19H,1-2H2,(H,20,21,22)/t3-,4-,5-,6-,7+,8+,9-,10+,11+,12-/m1/s1. The van der Waals surface area contributed by atoms with Crippen molar-refractivity contribution >= 4 is 10.4 Å². The third-order valence-corrected chi connectivity index (χ3v) is 4.66. The van der Waals surface area contributed by atoms with Crippen molar-refractivity contribution in [1.29, 1.82) is 0 Å². The normalized spacial score (nSPS) is 46.4. The Kier molecular flexibility index (Phi) is 7.47. The minimum atomic E-state index is -5.16. The molecule has 0 aliphatic carbocycles. The van der Waals surface area contributed by atoms with Crippen molar-refractivity contribution in [3.05, 3.63) is 0 Å². The van der Waals surface area contributed by atoms with E-state index < -0.39 is 85.0 Å². The first-order valence-corrected chi connectivity index (χ1v) is 9.10. The van der Waals surface area contributed by atoms with Crippen LogP contribution < -0.4 is 0 Å². The molecule has 8 N–H and O–H groups in total.